The van der Waals surface area contributed by atoms with Crippen LogP contribution in [0.4, 0.5) is 0 Å². The smallest absolute Gasteiger partial charge is 0.0767 e. The molecule has 68 valence electrons. The van der Waals surface area contributed by atoms with Crippen molar-refractivity contribution in [2.45, 2.75) is 32.4 Å². The van der Waals surface area contributed by atoms with Crippen molar-refractivity contribution < 1.29 is 4.74 Å². The van der Waals surface area contributed by atoms with Gasteiger partial charge in [-0.15, -0.1) is 6.42 Å². The standard InChI is InChI=1S/C10H17NO/c1-5-10(3,4)11-6-7-12-9(2)8-11/h1,9H,6-8H2,2-4H3. The van der Waals surface area contributed by atoms with Crippen molar-refractivity contribution in [3.8, 4) is 12.3 Å². The van der Waals surface area contributed by atoms with Crippen molar-refractivity contribution in [2.24, 2.45) is 0 Å². The molecular weight excluding hydrogens is 150 g/mol. The van der Waals surface area contributed by atoms with E-state index in [-0.39, 0.29) is 5.54 Å². The summed E-state index contributed by atoms with van der Waals surface area (Å²) in [6, 6.07) is 0. The predicted molar refractivity (Wildman–Crippen MR) is 49.9 cm³/mol. The van der Waals surface area contributed by atoms with Crippen molar-refractivity contribution in [1.29, 1.82) is 0 Å². The van der Waals surface area contributed by atoms with Crippen molar-refractivity contribution in [1.82, 2.24) is 4.90 Å². The highest BCUT2D eigenvalue weighted by Crippen LogP contribution is 2.16. The lowest BCUT2D eigenvalue weighted by Gasteiger charge is -2.39. The van der Waals surface area contributed by atoms with Crippen LogP contribution in [0.25, 0.3) is 0 Å². The Morgan fingerprint density at radius 1 is 1.58 bits per heavy atom. The molecule has 1 aliphatic heterocycles. The number of hydrogen-bond donors (Lipinski definition) is 0. The van der Waals surface area contributed by atoms with Gasteiger partial charge in [0.2, 0.25) is 0 Å². The Labute approximate surface area is 74.9 Å². The van der Waals surface area contributed by atoms with Crippen LogP contribution in [-0.4, -0.2) is 36.2 Å². The zero-order valence-corrected chi connectivity index (χ0v) is 8.13. The second-order valence-corrected chi connectivity index (χ2v) is 3.83. The second-order valence-electron chi connectivity index (χ2n) is 3.83. The van der Waals surface area contributed by atoms with E-state index in [0.717, 1.165) is 19.7 Å². The van der Waals surface area contributed by atoms with Gasteiger partial charge < -0.3 is 4.74 Å². The van der Waals surface area contributed by atoms with Gasteiger partial charge >= 0.3 is 0 Å². The van der Waals surface area contributed by atoms with Crippen LogP contribution in [-0.2, 0) is 4.74 Å². The lowest BCUT2D eigenvalue weighted by Crippen LogP contribution is -2.51. The first-order chi connectivity index (χ1) is 5.56. The van der Waals surface area contributed by atoms with E-state index in [9.17, 15) is 0 Å². The van der Waals surface area contributed by atoms with Crippen LogP contribution in [0.2, 0.25) is 0 Å². The first-order valence-corrected chi connectivity index (χ1v) is 4.40. The Balaban J connectivity index is 2.58. The maximum absolute atomic E-state index is 5.45. The lowest BCUT2D eigenvalue weighted by molar-refractivity contribution is -0.0411. The molecule has 0 bridgehead atoms. The average Bonchev–Trinajstić information content (AvgIpc) is 2.05. The zero-order chi connectivity index (χ0) is 9.19. The molecule has 1 aliphatic rings. The van der Waals surface area contributed by atoms with Gasteiger partial charge in [-0.2, -0.15) is 0 Å². The molecule has 1 rings (SSSR count). The Kier molecular flexibility index (Phi) is 2.76. The SMILES string of the molecule is C#CC(C)(C)N1CCOC(C)C1. The van der Waals surface area contributed by atoms with E-state index in [0.29, 0.717) is 6.10 Å². The summed E-state index contributed by atoms with van der Waals surface area (Å²) in [5, 5.41) is 0. The monoisotopic (exact) mass is 167 g/mol. The van der Waals surface area contributed by atoms with E-state index in [1.165, 1.54) is 0 Å². The van der Waals surface area contributed by atoms with E-state index in [1.54, 1.807) is 0 Å². The van der Waals surface area contributed by atoms with Crippen LogP contribution in [0.5, 0.6) is 0 Å². The molecule has 12 heavy (non-hydrogen) atoms. The van der Waals surface area contributed by atoms with Crippen molar-refractivity contribution >= 4 is 0 Å². The summed E-state index contributed by atoms with van der Waals surface area (Å²) in [6.07, 6.45) is 5.76. The van der Waals surface area contributed by atoms with E-state index < -0.39 is 0 Å². The number of rotatable bonds is 1. The molecule has 1 unspecified atom stereocenters. The highest BCUT2D eigenvalue weighted by molar-refractivity contribution is 5.09. The topological polar surface area (TPSA) is 12.5 Å². The first-order valence-electron chi connectivity index (χ1n) is 4.40. The minimum Gasteiger partial charge on any atom is -0.376 e. The van der Waals surface area contributed by atoms with Gasteiger partial charge in [0.1, 0.15) is 0 Å². The summed E-state index contributed by atoms with van der Waals surface area (Å²) in [4.78, 5) is 2.29. The molecule has 0 N–H and O–H groups in total. The van der Waals surface area contributed by atoms with E-state index in [1.807, 2.05) is 0 Å². The largest absolute Gasteiger partial charge is 0.376 e. The molecule has 2 nitrogen and oxygen atoms in total. The van der Waals surface area contributed by atoms with Gasteiger partial charge in [-0.05, 0) is 20.8 Å². The molecule has 0 aromatic rings. The Bertz CT molecular complexity index is 193. The maximum Gasteiger partial charge on any atom is 0.0767 e. The third-order valence-electron chi connectivity index (χ3n) is 2.38. The van der Waals surface area contributed by atoms with E-state index in [2.05, 4.69) is 31.6 Å². The summed E-state index contributed by atoms with van der Waals surface area (Å²) < 4.78 is 5.44. The summed E-state index contributed by atoms with van der Waals surface area (Å²) in [5.74, 6) is 2.80. The molecule has 0 aliphatic carbocycles. The van der Waals surface area contributed by atoms with Crippen LogP contribution in [0, 0.1) is 12.3 Å². The number of morpholine rings is 1. The number of nitrogens with zero attached hydrogens (tertiary/aromatic N) is 1. The van der Waals surface area contributed by atoms with Gasteiger partial charge in [-0.1, -0.05) is 5.92 Å². The molecule has 0 saturated carbocycles. The highest BCUT2D eigenvalue weighted by atomic mass is 16.5. The summed E-state index contributed by atoms with van der Waals surface area (Å²) in [7, 11) is 0. The number of ether oxygens (including phenoxy) is 1. The van der Waals surface area contributed by atoms with Gasteiger partial charge in [-0.25, -0.2) is 0 Å². The van der Waals surface area contributed by atoms with Crippen molar-refractivity contribution in [3.63, 3.8) is 0 Å². The van der Waals surface area contributed by atoms with Crippen molar-refractivity contribution in [2.75, 3.05) is 19.7 Å². The van der Waals surface area contributed by atoms with Gasteiger partial charge in [-0.3, -0.25) is 4.90 Å². The van der Waals surface area contributed by atoms with Crippen LogP contribution in [0.1, 0.15) is 20.8 Å². The molecule has 0 aromatic carbocycles. The minimum atomic E-state index is -0.127. The molecule has 2 heteroatoms. The molecule has 1 saturated heterocycles. The molecular formula is C10H17NO. The van der Waals surface area contributed by atoms with Gasteiger partial charge in [0.15, 0.2) is 0 Å². The van der Waals surface area contributed by atoms with E-state index >= 15 is 0 Å². The Morgan fingerprint density at radius 3 is 2.75 bits per heavy atom. The van der Waals surface area contributed by atoms with Gasteiger partial charge in [0, 0.05) is 13.1 Å². The lowest BCUT2D eigenvalue weighted by atomic mass is 10.0. The molecule has 0 spiro atoms. The quantitative estimate of drug-likeness (QED) is 0.543. The fourth-order valence-electron chi connectivity index (χ4n) is 1.42. The van der Waals surface area contributed by atoms with Crippen LogP contribution < -0.4 is 0 Å². The van der Waals surface area contributed by atoms with Crippen molar-refractivity contribution in [3.05, 3.63) is 0 Å². The predicted octanol–water partition coefficient (Wildman–Crippen LogP) is 1.12. The van der Waals surface area contributed by atoms with Crippen LogP contribution in [0.15, 0.2) is 0 Å². The molecule has 1 atom stereocenters. The zero-order valence-electron chi connectivity index (χ0n) is 8.13. The third-order valence-corrected chi connectivity index (χ3v) is 2.38. The normalized spacial score (nSPS) is 26.7. The molecule has 0 amide bonds. The number of hydrogen-bond acceptors (Lipinski definition) is 2. The summed E-state index contributed by atoms with van der Waals surface area (Å²) in [6.45, 7) is 8.92. The molecule has 1 fully saturated rings. The highest BCUT2D eigenvalue weighted by Gasteiger charge is 2.28. The second kappa shape index (κ2) is 3.47. The van der Waals surface area contributed by atoms with Crippen LogP contribution in [0.3, 0.4) is 0 Å². The van der Waals surface area contributed by atoms with Crippen LogP contribution >= 0.6 is 0 Å². The summed E-state index contributed by atoms with van der Waals surface area (Å²) >= 11 is 0. The third kappa shape index (κ3) is 2.00. The molecule has 1 heterocycles. The average molecular weight is 167 g/mol. The molecule has 0 radical (unpaired) electrons. The van der Waals surface area contributed by atoms with E-state index in [4.69, 9.17) is 11.2 Å². The minimum absolute atomic E-state index is 0.127. The Morgan fingerprint density at radius 2 is 2.25 bits per heavy atom. The first kappa shape index (κ1) is 9.57. The summed E-state index contributed by atoms with van der Waals surface area (Å²) in [5.41, 5.74) is -0.127. The Hall–Kier alpha value is -0.520. The fraction of sp³-hybridized carbons (Fsp3) is 0.800. The molecule has 0 aromatic heterocycles. The fourth-order valence-corrected chi connectivity index (χ4v) is 1.42. The maximum atomic E-state index is 5.45. The number of terminal acetylenes is 1. The van der Waals surface area contributed by atoms with Gasteiger partial charge in [0.05, 0.1) is 18.2 Å². The van der Waals surface area contributed by atoms with Gasteiger partial charge in [0.25, 0.3) is 0 Å².